The minimum Gasteiger partial charge on any atom is -0.494 e. The highest BCUT2D eigenvalue weighted by molar-refractivity contribution is 5.94. The standard InChI is InChI=1S/C19H28N2O2/c1-2-13-23-17-6-3-5-16(14-17)19(22)21-11-8-15(9-12-21)18-7-4-10-20-18/h3,5-6,14-15,18,20H,2,4,7-13H2,1H3. The van der Waals surface area contributed by atoms with Gasteiger partial charge in [-0.3, -0.25) is 4.79 Å². The molecule has 2 heterocycles. The first kappa shape index (κ1) is 16.3. The fraction of sp³-hybridized carbons (Fsp3) is 0.632. The number of rotatable bonds is 5. The molecule has 0 saturated carbocycles. The van der Waals surface area contributed by atoms with E-state index >= 15 is 0 Å². The van der Waals surface area contributed by atoms with Crippen molar-refractivity contribution < 1.29 is 9.53 Å². The number of carbonyl (C=O) groups is 1. The molecule has 1 N–H and O–H groups in total. The molecule has 2 fully saturated rings. The lowest BCUT2D eigenvalue weighted by Crippen LogP contribution is -2.43. The monoisotopic (exact) mass is 316 g/mol. The van der Waals surface area contributed by atoms with Gasteiger partial charge in [-0.25, -0.2) is 0 Å². The number of ether oxygens (including phenoxy) is 1. The number of hydrogen-bond donors (Lipinski definition) is 1. The summed E-state index contributed by atoms with van der Waals surface area (Å²) in [6, 6.07) is 8.28. The van der Waals surface area contributed by atoms with Crippen molar-refractivity contribution in [1.82, 2.24) is 10.2 Å². The number of benzene rings is 1. The van der Waals surface area contributed by atoms with Crippen molar-refractivity contribution in [3.8, 4) is 5.75 Å². The second-order valence-electron chi connectivity index (χ2n) is 6.71. The van der Waals surface area contributed by atoms with Crippen molar-refractivity contribution in [2.45, 2.75) is 45.1 Å². The molecule has 1 amide bonds. The summed E-state index contributed by atoms with van der Waals surface area (Å²) >= 11 is 0. The van der Waals surface area contributed by atoms with Crippen LogP contribution < -0.4 is 10.1 Å². The summed E-state index contributed by atoms with van der Waals surface area (Å²) in [5.41, 5.74) is 0.746. The molecule has 2 saturated heterocycles. The van der Waals surface area contributed by atoms with E-state index in [-0.39, 0.29) is 5.91 Å². The van der Waals surface area contributed by atoms with Crippen molar-refractivity contribution in [3.05, 3.63) is 29.8 Å². The molecule has 0 spiro atoms. The third kappa shape index (κ3) is 4.05. The van der Waals surface area contributed by atoms with E-state index in [0.29, 0.717) is 12.6 Å². The van der Waals surface area contributed by atoms with E-state index in [1.807, 2.05) is 29.2 Å². The second kappa shape index (κ2) is 7.82. The van der Waals surface area contributed by atoms with Crippen LogP contribution in [0.25, 0.3) is 0 Å². The summed E-state index contributed by atoms with van der Waals surface area (Å²) < 4.78 is 5.64. The summed E-state index contributed by atoms with van der Waals surface area (Å²) in [4.78, 5) is 14.7. The molecule has 126 valence electrons. The Morgan fingerprint density at radius 2 is 2.13 bits per heavy atom. The van der Waals surface area contributed by atoms with Crippen LogP contribution in [-0.4, -0.2) is 43.1 Å². The smallest absolute Gasteiger partial charge is 0.253 e. The number of piperidine rings is 1. The van der Waals surface area contributed by atoms with Gasteiger partial charge in [-0.05, 0) is 62.8 Å². The van der Waals surface area contributed by atoms with E-state index in [4.69, 9.17) is 4.74 Å². The first-order valence-electron chi connectivity index (χ1n) is 9.03. The van der Waals surface area contributed by atoms with Crippen molar-refractivity contribution in [1.29, 1.82) is 0 Å². The maximum Gasteiger partial charge on any atom is 0.253 e. The van der Waals surface area contributed by atoms with Crippen LogP contribution >= 0.6 is 0 Å². The van der Waals surface area contributed by atoms with E-state index in [0.717, 1.165) is 56.1 Å². The lowest BCUT2D eigenvalue weighted by atomic mass is 9.88. The van der Waals surface area contributed by atoms with Gasteiger partial charge in [0.05, 0.1) is 6.61 Å². The molecule has 0 bridgehead atoms. The minimum absolute atomic E-state index is 0.143. The largest absolute Gasteiger partial charge is 0.494 e. The Morgan fingerprint density at radius 3 is 2.83 bits per heavy atom. The van der Waals surface area contributed by atoms with Crippen LogP contribution in [0.4, 0.5) is 0 Å². The number of likely N-dealkylation sites (tertiary alicyclic amines) is 1. The van der Waals surface area contributed by atoms with Crippen molar-refractivity contribution in [3.63, 3.8) is 0 Å². The Morgan fingerprint density at radius 1 is 1.30 bits per heavy atom. The zero-order chi connectivity index (χ0) is 16.1. The first-order valence-corrected chi connectivity index (χ1v) is 9.03. The van der Waals surface area contributed by atoms with Crippen molar-refractivity contribution in [2.24, 2.45) is 5.92 Å². The van der Waals surface area contributed by atoms with Gasteiger partial charge < -0.3 is 15.0 Å². The molecule has 2 aliphatic rings. The molecule has 2 aliphatic heterocycles. The van der Waals surface area contributed by atoms with E-state index < -0.39 is 0 Å². The van der Waals surface area contributed by atoms with Gasteiger partial charge in [0.1, 0.15) is 5.75 Å². The summed E-state index contributed by atoms with van der Waals surface area (Å²) in [5, 5.41) is 3.61. The molecule has 1 aromatic rings. The van der Waals surface area contributed by atoms with Crippen LogP contribution in [0.1, 0.15) is 49.4 Å². The molecule has 0 radical (unpaired) electrons. The van der Waals surface area contributed by atoms with Gasteiger partial charge in [0.15, 0.2) is 0 Å². The molecule has 0 aromatic heterocycles. The Balaban J connectivity index is 1.56. The number of hydrogen-bond acceptors (Lipinski definition) is 3. The van der Waals surface area contributed by atoms with E-state index in [1.165, 1.54) is 12.8 Å². The molecule has 23 heavy (non-hydrogen) atoms. The third-order valence-electron chi connectivity index (χ3n) is 5.05. The number of nitrogens with one attached hydrogen (secondary N) is 1. The highest BCUT2D eigenvalue weighted by atomic mass is 16.5. The fourth-order valence-corrected chi connectivity index (χ4v) is 3.74. The van der Waals surface area contributed by atoms with Gasteiger partial charge in [-0.1, -0.05) is 13.0 Å². The van der Waals surface area contributed by atoms with Crippen molar-refractivity contribution >= 4 is 5.91 Å². The van der Waals surface area contributed by atoms with Crippen LogP contribution in [0.15, 0.2) is 24.3 Å². The molecular formula is C19H28N2O2. The maximum atomic E-state index is 12.7. The van der Waals surface area contributed by atoms with Crippen LogP contribution in [0.2, 0.25) is 0 Å². The highest BCUT2D eigenvalue weighted by Crippen LogP contribution is 2.26. The summed E-state index contributed by atoms with van der Waals surface area (Å²) in [6.45, 7) is 5.69. The zero-order valence-electron chi connectivity index (χ0n) is 14.1. The summed E-state index contributed by atoms with van der Waals surface area (Å²) in [5.74, 6) is 1.67. The minimum atomic E-state index is 0.143. The van der Waals surface area contributed by atoms with Gasteiger partial charge in [0.25, 0.3) is 5.91 Å². The predicted octanol–water partition coefficient (Wildman–Crippen LogP) is 3.08. The third-order valence-corrected chi connectivity index (χ3v) is 5.05. The maximum absolute atomic E-state index is 12.7. The molecule has 4 nitrogen and oxygen atoms in total. The Labute approximate surface area is 139 Å². The van der Waals surface area contributed by atoms with Gasteiger partial charge in [-0.2, -0.15) is 0 Å². The molecule has 4 heteroatoms. The van der Waals surface area contributed by atoms with Gasteiger partial charge >= 0.3 is 0 Å². The van der Waals surface area contributed by atoms with Crippen molar-refractivity contribution in [2.75, 3.05) is 26.2 Å². The number of carbonyl (C=O) groups excluding carboxylic acids is 1. The van der Waals surface area contributed by atoms with E-state index in [1.54, 1.807) is 0 Å². The normalized spacial score (nSPS) is 22.3. The highest BCUT2D eigenvalue weighted by Gasteiger charge is 2.30. The topological polar surface area (TPSA) is 41.6 Å². The zero-order valence-corrected chi connectivity index (χ0v) is 14.1. The quantitative estimate of drug-likeness (QED) is 0.907. The van der Waals surface area contributed by atoms with E-state index in [2.05, 4.69) is 12.2 Å². The lowest BCUT2D eigenvalue weighted by Gasteiger charge is -2.35. The Bertz CT molecular complexity index is 518. The number of amides is 1. The van der Waals surface area contributed by atoms with Gasteiger partial charge in [-0.15, -0.1) is 0 Å². The lowest BCUT2D eigenvalue weighted by molar-refractivity contribution is 0.0674. The molecule has 0 aliphatic carbocycles. The Kier molecular flexibility index (Phi) is 5.55. The van der Waals surface area contributed by atoms with Crippen LogP contribution in [-0.2, 0) is 0 Å². The van der Waals surface area contributed by atoms with Gasteiger partial charge in [0.2, 0.25) is 0 Å². The van der Waals surface area contributed by atoms with Gasteiger partial charge in [0, 0.05) is 24.7 Å². The predicted molar refractivity (Wildman–Crippen MR) is 91.9 cm³/mol. The Hall–Kier alpha value is -1.55. The molecule has 1 atom stereocenters. The summed E-state index contributed by atoms with van der Waals surface area (Å²) in [6.07, 6.45) is 5.82. The first-order chi connectivity index (χ1) is 11.3. The molecule has 3 rings (SSSR count). The van der Waals surface area contributed by atoms with Crippen LogP contribution in [0, 0.1) is 5.92 Å². The SMILES string of the molecule is CCCOc1cccc(C(=O)N2CCC(C3CCCN3)CC2)c1. The molecular weight excluding hydrogens is 288 g/mol. The summed E-state index contributed by atoms with van der Waals surface area (Å²) in [7, 11) is 0. The van der Waals surface area contributed by atoms with E-state index in [9.17, 15) is 4.79 Å². The second-order valence-corrected chi connectivity index (χ2v) is 6.71. The van der Waals surface area contributed by atoms with Crippen LogP contribution in [0.5, 0.6) is 5.75 Å². The van der Waals surface area contributed by atoms with Crippen LogP contribution in [0.3, 0.4) is 0 Å². The average Bonchev–Trinajstić information content (AvgIpc) is 3.14. The molecule has 1 unspecified atom stereocenters. The fourth-order valence-electron chi connectivity index (χ4n) is 3.74. The number of nitrogens with zero attached hydrogens (tertiary/aromatic N) is 1. The average molecular weight is 316 g/mol. The molecule has 1 aromatic carbocycles.